The van der Waals surface area contributed by atoms with Crippen LogP contribution in [0.5, 0.6) is 0 Å². The lowest BCUT2D eigenvalue weighted by atomic mass is 10.1. The Morgan fingerprint density at radius 2 is 1.73 bits per heavy atom. The fourth-order valence-corrected chi connectivity index (χ4v) is 3.76. The molecule has 1 heterocycles. The van der Waals surface area contributed by atoms with Crippen LogP contribution in [0.4, 0.5) is 22.7 Å². The van der Waals surface area contributed by atoms with Crippen LogP contribution in [0.15, 0.2) is 83.3 Å². The molecule has 0 bridgehead atoms. The Bertz CT molecular complexity index is 1460. The number of para-hydroxylation sites is 2. The van der Waals surface area contributed by atoms with Gasteiger partial charge in [-0.1, -0.05) is 24.3 Å². The zero-order valence-corrected chi connectivity index (χ0v) is 18.1. The smallest absolute Gasteiger partial charge is 0.243 e. The highest BCUT2D eigenvalue weighted by Crippen LogP contribution is 2.29. The molecule has 5 rings (SSSR count). The highest BCUT2D eigenvalue weighted by Gasteiger charge is 2.11. The third kappa shape index (κ3) is 4.16. The van der Waals surface area contributed by atoms with E-state index >= 15 is 0 Å². The van der Waals surface area contributed by atoms with E-state index < -0.39 is 0 Å². The van der Waals surface area contributed by atoms with Crippen LogP contribution >= 0.6 is 0 Å². The average Bonchev–Trinajstić information content (AvgIpc) is 3.25. The van der Waals surface area contributed by atoms with Crippen LogP contribution in [-0.2, 0) is 4.79 Å². The molecule has 1 amide bonds. The first-order valence-corrected chi connectivity index (χ1v) is 10.5. The highest BCUT2D eigenvalue weighted by atomic mass is 16.3. The molecule has 0 spiro atoms. The van der Waals surface area contributed by atoms with Crippen LogP contribution in [0, 0.1) is 0 Å². The Kier molecular flexibility index (Phi) is 5.06. The number of carbonyl (C=O) groups excluding carboxylic acids is 1. The summed E-state index contributed by atoms with van der Waals surface area (Å²) < 4.78 is 5.89. The molecule has 0 unspecified atom stereocenters. The maximum atomic E-state index is 12.5. The molecule has 1 aromatic heterocycles. The van der Waals surface area contributed by atoms with Gasteiger partial charge in [0.1, 0.15) is 5.52 Å². The van der Waals surface area contributed by atoms with Gasteiger partial charge in [-0.3, -0.25) is 4.79 Å². The number of rotatable bonds is 5. The SMILES string of the molecule is CN(CC(=O)Nc1ccc(N)c(N)c1)c1ccc2cc(-c3nc4ccccc4o3)ccc2c1. The molecule has 5 N–H and O–H groups in total. The number of fused-ring (bicyclic) bond motifs is 2. The number of likely N-dealkylation sites (N-methyl/N-ethyl adjacent to an activating group) is 1. The molecule has 0 radical (unpaired) electrons. The summed E-state index contributed by atoms with van der Waals surface area (Å²) >= 11 is 0. The second-order valence-electron chi connectivity index (χ2n) is 7.98. The number of anilines is 4. The molecule has 0 saturated heterocycles. The number of oxazole rings is 1. The van der Waals surface area contributed by atoms with Crippen molar-refractivity contribution in [2.45, 2.75) is 0 Å². The van der Waals surface area contributed by atoms with Crippen molar-refractivity contribution < 1.29 is 9.21 Å². The first-order chi connectivity index (χ1) is 16.0. The number of nitrogens with one attached hydrogen (secondary N) is 1. The van der Waals surface area contributed by atoms with Gasteiger partial charge in [-0.05, 0) is 65.4 Å². The maximum Gasteiger partial charge on any atom is 0.243 e. The van der Waals surface area contributed by atoms with E-state index in [-0.39, 0.29) is 12.5 Å². The van der Waals surface area contributed by atoms with Gasteiger partial charge in [0.15, 0.2) is 5.58 Å². The highest BCUT2D eigenvalue weighted by molar-refractivity contribution is 5.96. The number of hydrogen-bond acceptors (Lipinski definition) is 6. The molecule has 164 valence electrons. The van der Waals surface area contributed by atoms with Gasteiger partial charge in [0.05, 0.1) is 17.9 Å². The van der Waals surface area contributed by atoms with Crippen molar-refractivity contribution in [3.8, 4) is 11.5 Å². The molecular formula is C26H23N5O2. The number of nitrogen functional groups attached to an aromatic ring is 2. The summed E-state index contributed by atoms with van der Waals surface area (Å²) in [4.78, 5) is 19.0. The molecule has 0 fully saturated rings. The van der Waals surface area contributed by atoms with Gasteiger partial charge >= 0.3 is 0 Å². The monoisotopic (exact) mass is 437 g/mol. The van der Waals surface area contributed by atoms with Crippen molar-refractivity contribution in [3.05, 3.63) is 78.9 Å². The summed E-state index contributed by atoms with van der Waals surface area (Å²) in [6, 6.07) is 24.9. The van der Waals surface area contributed by atoms with E-state index in [1.807, 2.05) is 60.5 Å². The van der Waals surface area contributed by atoms with E-state index in [0.29, 0.717) is 23.0 Å². The molecule has 7 nitrogen and oxygen atoms in total. The molecule has 0 saturated carbocycles. The van der Waals surface area contributed by atoms with Crippen LogP contribution in [0.2, 0.25) is 0 Å². The van der Waals surface area contributed by atoms with Gasteiger partial charge in [0.25, 0.3) is 0 Å². The minimum absolute atomic E-state index is 0.145. The molecule has 33 heavy (non-hydrogen) atoms. The summed E-state index contributed by atoms with van der Waals surface area (Å²) in [6.07, 6.45) is 0. The quantitative estimate of drug-likeness (QED) is 0.338. The molecular weight excluding hydrogens is 414 g/mol. The Hall–Kier alpha value is -4.52. The lowest BCUT2D eigenvalue weighted by Crippen LogP contribution is -2.30. The van der Waals surface area contributed by atoms with Crippen molar-refractivity contribution >= 4 is 50.5 Å². The Morgan fingerprint density at radius 1 is 0.939 bits per heavy atom. The number of benzene rings is 4. The number of aromatic nitrogens is 1. The third-order valence-corrected chi connectivity index (χ3v) is 5.56. The Labute approximate surface area is 190 Å². The van der Waals surface area contributed by atoms with E-state index in [4.69, 9.17) is 15.9 Å². The summed E-state index contributed by atoms with van der Waals surface area (Å²) in [6.45, 7) is 0.191. The number of hydrogen-bond donors (Lipinski definition) is 3. The fraction of sp³-hybridized carbons (Fsp3) is 0.0769. The van der Waals surface area contributed by atoms with Crippen LogP contribution < -0.4 is 21.7 Å². The standard InChI is InChI=1S/C26H23N5O2/c1-31(15-25(32)29-19-9-11-21(27)22(28)14-19)20-10-8-16-12-18(7-6-17(16)13-20)26-30-23-4-2-3-5-24(23)33-26/h2-14H,15,27-28H2,1H3,(H,29,32). The second-order valence-corrected chi connectivity index (χ2v) is 7.98. The van der Waals surface area contributed by atoms with Gasteiger partial charge in [-0.25, -0.2) is 4.98 Å². The fourth-order valence-electron chi connectivity index (χ4n) is 3.76. The van der Waals surface area contributed by atoms with Gasteiger partial charge < -0.3 is 26.1 Å². The minimum Gasteiger partial charge on any atom is -0.436 e. The molecule has 0 atom stereocenters. The molecule has 7 heteroatoms. The number of nitrogens with two attached hydrogens (primary N) is 2. The Balaban J connectivity index is 1.32. The van der Waals surface area contributed by atoms with Crippen molar-refractivity contribution in [1.82, 2.24) is 4.98 Å². The van der Waals surface area contributed by atoms with Crippen LogP contribution in [0.3, 0.4) is 0 Å². The van der Waals surface area contributed by atoms with Crippen molar-refractivity contribution in [1.29, 1.82) is 0 Å². The predicted octanol–water partition coefficient (Wildman–Crippen LogP) is 4.89. The Morgan fingerprint density at radius 3 is 2.55 bits per heavy atom. The van der Waals surface area contributed by atoms with Gasteiger partial charge in [-0.15, -0.1) is 0 Å². The van der Waals surface area contributed by atoms with Crippen LogP contribution in [0.1, 0.15) is 0 Å². The van der Waals surface area contributed by atoms with Crippen LogP contribution in [-0.4, -0.2) is 24.5 Å². The van der Waals surface area contributed by atoms with Crippen molar-refractivity contribution in [3.63, 3.8) is 0 Å². The average molecular weight is 438 g/mol. The van der Waals surface area contributed by atoms with Crippen LogP contribution in [0.25, 0.3) is 33.3 Å². The molecule has 5 aromatic rings. The summed E-state index contributed by atoms with van der Waals surface area (Å²) in [7, 11) is 1.88. The second kappa shape index (κ2) is 8.20. The normalized spacial score (nSPS) is 11.1. The number of carbonyl (C=O) groups is 1. The van der Waals surface area contributed by atoms with E-state index in [1.54, 1.807) is 18.2 Å². The topological polar surface area (TPSA) is 110 Å². The number of nitrogens with zero attached hydrogens (tertiary/aromatic N) is 2. The number of amides is 1. The van der Waals surface area contributed by atoms with Crippen molar-refractivity contribution in [2.24, 2.45) is 0 Å². The summed E-state index contributed by atoms with van der Waals surface area (Å²) in [5.74, 6) is 0.451. The summed E-state index contributed by atoms with van der Waals surface area (Å²) in [5.41, 5.74) is 16.5. The van der Waals surface area contributed by atoms with E-state index in [1.165, 1.54) is 0 Å². The predicted molar refractivity (Wildman–Crippen MR) is 134 cm³/mol. The molecule has 0 aliphatic rings. The third-order valence-electron chi connectivity index (χ3n) is 5.56. The minimum atomic E-state index is -0.145. The molecule has 0 aliphatic heterocycles. The lowest BCUT2D eigenvalue weighted by molar-refractivity contribution is -0.114. The van der Waals surface area contributed by atoms with E-state index in [0.717, 1.165) is 33.1 Å². The maximum absolute atomic E-state index is 12.5. The first kappa shape index (κ1) is 20.4. The summed E-state index contributed by atoms with van der Waals surface area (Å²) in [5, 5.41) is 4.98. The van der Waals surface area contributed by atoms with E-state index in [9.17, 15) is 4.79 Å². The van der Waals surface area contributed by atoms with Crippen molar-refractivity contribution in [2.75, 3.05) is 35.3 Å². The zero-order valence-electron chi connectivity index (χ0n) is 18.1. The largest absolute Gasteiger partial charge is 0.436 e. The van der Waals surface area contributed by atoms with Gasteiger partial charge in [-0.2, -0.15) is 0 Å². The van der Waals surface area contributed by atoms with Gasteiger partial charge in [0.2, 0.25) is 11.8 Å². The zero-order chi connectivity index (χ0) is 22.9. The lowest BCUT2D eigenvalue weighted by Gasteiger charge is -2.19. The molecule has 4 aromatic carbocycles. The molecule has 0 aliphatic carbocycles. The first-order valence-electron chi connectivity index (χ1n) is 10.5. The van der Waals surface area contributed by atoms with E-state index in [2.05, 4.69) is 22.4 Å². The van der Waals surface area contributed by atoms with Gasteiger partial charge in [0, 0.05) is 24.0 Å².